The Bertz CT molecular complexity index is 1050. The molecule has 152 valence electrons. The number of carbonyl (C=O) groups excluding carboxylic acids is 1. The molecule has 5 nitrogen and oxygen atoms in total. The molecule has 2 aromatic heterocycles. The second-order valence-corrected chi connectivity index (χ2v) is 7.41. The van der Waals surface area contributed by atoms with Crippen molar-refractivity contribution >= 4 is 28.7 Å². The van der Waals surface area contributed by atoms with E-state index in [1.165, 1.54) is 11.3 Å². The number of thiophene rings is 1. The standard InChI is InChI=1S/C18H13F5N4OS/c19-9-3-4-12(11(20)6-9)26-17(28)10-8-24-27-15(18(21,22)23)7-13(25-16(10)27)14-2-1-5-29-14/h1-6,8,13,15,25H,7H2,(H,26,28). The van der Waals surface area contributed by atoms with Crippen molar-refractivity contribution in [1.29, 1.82) is 0 Å². The van der Waals surface area contributed by atoms with E-state index in [0.29, 0.717) is 10.9 Å². The van der Waals surface area contributed by atoms with Crippen molar-refractivity contribution in [2.45, 2.75) is 24.7 Å². The van der Waals surface area contributed by atoms with Crippen LogP contribution in [0.3, 0.4) is 0 Å². The molecular weight excluding hydrogens is 415 g/mol. The summed E-state index contributed by atoms with van der Waals surface area (Å²) in [5.41, 5.74) is -0.474. The summed E-state index contributed by atoms with van der Waals surface area (Å²) in [5, 5.41) is 10.7. The van der Waals surface area contributed by atoms with Crippen LogP contribution in [0.25, 0.3) is 0 Å². The van der Waals surface area contributed by atoms with Gasteiger partial charge in [0.1, 0.15) is 23.0 Å². The maximum absolute atomic E-state index is 13.8. The highest BCUT2D eigenvalue weighted by molar-refractivity contribution is 7.10. The summed E-state index contributed by atoms with van der Waals surface area (Å²) in [7, 11) is 0. The van der Waals surface area contributed by atoms with Crippen molar-refractivity contribution in [2.75, 3.05) is 10.6 Å². The predicted octanol–water partition coefficient (Wildman–Crippen LogP) is 5.14. The number of nitrogens with one attached hydrogen (secondary N) is 2. The zero-order chi connectivity index (χ0) is 20.8. The third-order valence-corrected chi connectivity index (χ3v) is 5.53. The molecule has 1 aliphatic heterocycles. The van der Waals surface area contributed by atoms with Crippen LogP contribution in [0.4, 0.5) is 33.5 Å². The van der Waals surface area contributed by atoms with Gasteiger partial charge in [0.25, 0.3) is 5.91 Å². The summed E-state index contributed by atoms with van der Waals surface area (Å²) < 4.78 is 68.4. The Morgan fingerprint density at radius 1 is 1.28 bits per heavy atom. The van der Waals surface area contributed by atoms with Gasteiger partial charge >= 0.3 is 6.18 Å². The number of alkyl halides is 3. The number of amides is 1. The van der Waals surface area contributed by atoms with E-state index in [4.69, 9.17) is 0 Å². The van der Waals surface area contributed by atoms with Gasteiger partial charge in [-0.15, -0.1) is 11.3 Å². The Balaban J connectivity index is 1.69. The van der Waals surface area contributed by atoms with Crippen LogP contribution in [-0.4, -0.2) is 21.9 Å². The number of fused-ring (bicyclic) bond motifs is 1. The molecule has 11 heteroatoms. The molecule has 0 saturated heterocycles. The lowest BCUT2D eigenvalue weighted by molar-refractivity contribution is -0.173. The molecule has 0 aliphatic carbocycles. The summed E-state index contributed by atoms with van der Waals surface area (Å²) in [6, 6.07) is 3.41. The number of hydrogen-bond acceptors (Lipinski definition) is 4. The lowest BCUT2D eigenvalue weighted by Gasteiger charge is -2.33. The molecule has 0 spiro atoms. The molecule has 1 aliphatic rings. The van der Waals surface area contributed by atoms with Crippen LogP contribution in [-0.2, 0) is 0 Å². The van der Waals surface area contributed by atoms with Gasteiger partial charge in [0.05, 0.1) is 17.9 Å². The number of rotatable bonds is 3. The number of anilines is 2. The fourth-order valence-corrected chi connectivity index (χ4v) is 3.98. The van der Waals surface area contributed by atoms with Crippen LogP contribution in [0, 0.1) is 11.6 Å². The summed E-state index contributed by atoms with van der Waals surface area (Å²) >= 11 is 1.29. The molecular formula is C18H13F5N4OS. The number of hydrogen-bond donors (Lipinski definition) is 2. The molecule has 0 fully saturated rings. The van der Waals surface area contributed by atoms with Gasteiger partial charge in [-0.1, -0.05) is 6.07 Å². The number of nitrogens with zero attached hydrogens (tertiary/aromatic N) is 2. The zero-order valence-corrected chi connectivity index (χ0v) is 15.3. The second kappa shape index (κ2) is 7.14. The van der Waals surface area contributed by atoms with Gasteiger partial charge in [0.2, 0.25) is 0 Å². The number of benzene rings is 1. The monoisotopic (exact) mass is 428 g/mol. The predicted molar refractivity (Wildman–Crippen MR) is 96.9 cm³/mol. The van der Waals surface area contributed by atoms with Gasteiger partial charge in [-0.3, -0.25) is 4.79 Å². The first-order valence-corrected chi connectivity index (χ1v) is 9.32. The molecule has 1 amide bonds. The molecule has 3 heterocycles. The van der Waals surface area contributed by atoms with Crippen molar-refractivity contribution < 1.29 is 26.7 Å². The summed E-state index contributed by atoms with van der Waals surface area (Å²) in [5.74, 6) is -2.80. The van der Waals surface area contributed by atoms with E-state index in [2.05, 4.69) is 15.7 Å². The number of halogens is 5. The quantitative estimate of drug-likeness (QED) is 0.569. The van der Waals surface area contributed by atoms with E-state index in [1.54, 1.807) is 17.5 Å². The minimum Gasteiger partial charge on any atom is -0.362 e. The number of carbonyl (C=O) groups is 1. The molecule has 1 aromatic carbocycles. The third kappa shape index (κ3) is 3.69. The maximum atomic E-state index is 13.8. The van der Waals surface area contributed by atoms with Crippen LogP contribution in [0.15, 0.2) is 41.9 Å². The topological polar surface area (TPSA) is 59.0 Å². The third-order valence-electron chi connectivity index (χ3n) is 4.55. The molecule has 0 saturated carbocycles. The first-order chi connectivity index (χ1) is 13.7. The molecule has 29 heavy (non-hydrogen) atoms. The maximum Gasteiger partial charge on any atom is 0.410 e. The van der Waals surface area contributed by atoms with E-state index in [-0.39, 0.29) is 23.5 Å². The second-order valence-electron chi connectivity index (χ2n) is 6.44. The van der Waals surface area contributed by atoms with Gasteiger partial charge in [-0.05, 0) is 23.6 Å². The van der Waals surface area contributed by atoms with Crippen molar-refractivity contribution in [3.8, 4) is 0 Å². The van der Waals surface area contributed by atoms with Crippen LogP contribution >= 0.6 is 11.3 Å². The lowest BCUT2D eigenvalue weighted by Crippen LogP contribution is -2.36. The van der Waals surface area contributed by atoms with E-state index in [1.807, 2.05) is 0 Å². The van der Waals surface area contributed by atoms with Crippen molar-refractivity contribution in [3.05, 3.63) is 64.0 Å². The normalized spacial score (nSPS) is 18.8. The first kappa shape index (κ1) is 19.4. The molecule has 4 rings (SSSR count). The molecule has 2 N–H and O–H groups in total. The number of aromatic nitrogens is 2. The molecule has 2 unspecified atom stereocenters. The van der Waals surface area contributed by atoms with E-state index in [9.17, 15) is 26.7 Å². The van der Waals surface area contributed by atoms with Crippen LogP contribution < -0.4 is 10.6 Å². The Morgan fingerprint density at radius 3 is 2.72 bits per heavy atom. The minimum absolute atomic E-state index is 0.114. The van der Waals surface area contributed by atoms with Gasteiger partial charge in [0, 0.05) is 17.4 Å². The van der Waals surface area contributed by atoms with Crippen molar-refractivity contribution in [2.24, 2.45) is 0 Å². The fourth-order valence-electron chi connectivity index (χ4n) is 3.19. The minimum atomic E-state index is -4.57. The van der Waals surface area contributed by atoms with Gasteiger partial charge in [-0.25, -0.2) is 13.5 Å². The Hall–Kier alpha value is -2.95. The zero-order valence-electron chi connectivity index (χ0n) is 14.5. The van der Waals surface area contributed by atoms with Crippen LogP contribution in [0.1, 0.15) is 33.7 Å². The molecule has 0 bridgehead atoms. The average molecular weight is 428 g/mol. The highest BCUT2D eigenvalue weighted by atomic mass is 32.1. The van der Waals surface area contributed by atoms with Gasteiger partial charge in [0.15, 0.2) is 6.04 Å². The first-order valence-electron chi connectivity index (χ1n) is 8.44. The average Bonchev–Trinajstić information content (AvgIpc) is 3.31. The highest BCUT2D eigenvalue weighted by Crippen LogP contribution is 2.45. The van der Waals surface area contributed by atoms with Crippen molar-refractivity contribution in [1.82, 2.24) is 9.78 Å². The van der Waals surface area contributed by atoms with Crippen LogP contribution in [0.2, 0.25) is 0 Å². The van der Waals surface area contributed by atoms with E-state index in [0.717, 1.165) is 23.0 Å². The van der Waals surface area contributed by atoms with E-state index < -0.39 is 35.8 Å². The SMILES string of the molecule is O=C(Nc1ccc(F)cc1F)c1cnn2c1NC(c1cccs1)CC2C(F)(F)F. The highest BCUT2D eigenvalue weighted by Gasteiger charge is 2.47. The van der Waals surface area contributed by atoms with Gasteiger partial charge < -0.3 is 10.6 Å². The summed E-state index contributed by atoms with van der Waals surface area (Å²) in [4.78, 5) is 13.3. The summed E-state index contributed by atoms with van der Waals surface area (Å²) in [6.45, 7) is 0. The van der Waals surface area contributed by atoms with Gasteiger partial charge in [-0.2, -0.15) is 18.3 Å². The largest absolute Gasteiger partial charge is 0.410 e. The molecule has 2 atom stereocenters. The Morgan fingerprint density at radius 2 is 2.07 bits per heavy atom. The van der Waals surface area contributed by atoms with Crippen LogP contribution in [0.5, 0.6) is 0 Å². The lowest BCUT2D eigenvalue weighted by atomic mass is 10.0. The smallest absolute Gasteiger partial charge is 0.362 e. The van der Waals surface area contributed by atoms with Crippen molar-refractivity contribution in [3.63, 3.8) is 0 Å². The summed E-state index contributed by atoms with van der Waals surface area (Å²) in [6.07, 6.45) is -3.86. The fraction of sp³-hybridized carbons (Fsp3) is 0.222. The molecule has 0 radical (unpaired) electrons. The molecule has 3 aromatic rings. The Labute approximate surface area is 165 Å². The van der Waals surface area contributed by atoms with E-state index >= 15 is 0 Å². The Kier molecular flexibility index (Phi) is 4.77.